The number of nitrogens with zero attached hydrogens (tertiary/aromatic N) is 1. The van der Waals surface area contributed by atoms with Crippen LogP contribution < -0.4 is 11.2 Å². The molecular weight excluding hydrogens is 328 g/mol. The number of aromatic nitrogens is 2. The second kappa shape index (κ2) is 7.23. The van der Waals surface area contributed by atoms with Gasteiger partial charge in [0.25, 0.3) is 5.56 Å². The zero-order valence-corrected chi connectivity index (χ0v) is 12.9. The van der Waals surface area contributed by atoms with Crippen LogP contribution in [-0.4, -0.2) is 70.0 Å². The van der Waals surface area contributed by atoms with E-state index in [-0.39, 0.29) is 0 Å². The van der Waals surface area contributed by atoms with E-state index in [0.717, 1.165) is 17.9 Å². The first kappa shape index (κ1) is 18.3. The topological polar surface area (TPSA) is 160 Å². The number of nitrogens with one attached hydrogen (secondary N) is 1. The van der Waals surface area contributed by atoms with Crippen molar-refractivity contribution < 1.29 is 34.3 Å². The maximum absolute atomic E-state index is 12.0. The SMILES string of the molecule is COC(=O)C(O)c1cn([C@@H]2O[C@H](CO)[C@@H](O)[C@H]2OC)c(=O)[nH]c1=O. The van der Waals surface area contributed by atoms with Crippen molar-refractivity contribution in [2.24, 2.45) is 0 Å². The summed E-state index contributed by atoms with van der Waals surface area (Å²) in [5.74, 6) is -1.09. The van der Waals surface area contributed by atoms with Crippen molar-refractivity contribution in [2.45, 2.75) is 30.6 Å². The average molecular weight is 346 g/mol. The van der Waals surface area contributed by atoms with Crippen LogP contribution in [-0.2, 0) is 19.0 Å². The number of aliphatic hydroxyl groups is 3. The number of methoxy groups -OCH3 is 2. The number of carbonyl (C=O) groups excluding carboxylic acids is 1. The number of esters is 1. The molecule has 11 heteroatoms. The maximum atomic E-state index is 12.0. The van der Waals surface area contributed by atoms with Gasteiger partial charge in [0.15, 0.2) is 12.3 Å². The number of ether oxygens (including phenoxy) is 3. The van der Waals surface area contributed by atoms with Crippen molar-refractivity contribution in [3.05, 3.63) is 32.6 Å². The number of hydrogen-bond donors (Lipinski definition) is 4. The molecule has 1 aromatic heterocycles. The van der Waals surface area contributed by atoms with Gasteiger partial charge in [-0.1, -0.05) is 0 Å². The molecule has 0 aliphatic carbocycles. The summed E-state index contributed by atoms with van der Waals surface area (Å²) >= 11 is 0. The lowest BCUT2D eigenvalue weighted by Crippen LogP contribution is -2.40. The molecule has 0 amide bonds. The first-order valence-electron chi connectivity index (χ1n) is 6.94. The van der Waals surface area contributed by atoms with Gasteiger partial charge in [-0.2, -0.15) is 0 Å². The highest BCUT2D eigenvalue weighted by Crippen LogP contribution is 2.30. The second-order valence-corrected chi connectivity index (χ2v) is 5.12. The molecule has 0 saturated carbocycles. The minimum absolute atomic E-state index is 0.443. The molecule has 1 aromatic rings. The number of H-pyrrole nitrogens is 1. The van der Waals surface area contributed by atoms with Crippen molar-refractivity contribution in [2.75, 3.05) is 20.8 Å². The highest BCUT2D eigenvalue weighted by atomic mass is 16.6. The van der Waals surface area contributed by atoms with Gasteiger partial charge in [-0.05, 0) is 0 Å². The molecule has 1 aliphatic heterocycles. The molecule has 0 bridgehead atoms. The predicted octanol–water partition coefficient (Wildman–Crippen LogP) is -2.99. The van der Waals surface area contributed by atoms with E-state index in [2.05, 4.69) is 4.74 Å². The Balaban J connectivity index is 2.49. The Morgan fingerprint density at radius 1 is 1.46 bits per heavy atom. The van der Waals surface area contributed by atoms with Gasteiger partial charge in [0.1, 0.15) is 18.3 Å². The molecule has 4 N–H and O–H groups in total. The van der Waals surface area contributed by atoms with Crippen LogP contribution in [0.1, 0.15) is 17.9 Å². The Kier molecular flexibility index (Phi) is 5.51. The first-order valence-corrected chi connectivity index (χ1v) is 6.94. The van der Waals surface area contributed by atoms with E-state index in [0.29, 0.717) is 0 Å². The molecule has 1 aliphatic rings. The highest BCUT2D eigenvalue weighted by Gasteiger charge is 2.45. The smallest absolute Gasteiger partial charge is 0.339 e. The van der Waals surface area contributed by atoms with Crippen molar-refractivity contribution in [3.8, 4) is 0 Å². The summed E-state index contributed by atoms with van der Waals surface area (Å²) < 4.78 is 15.7. The third-order valence-electron chi connectivity index (χ3n) is 3.75. The Bertz CT molecular complexity index is 712. The molecular formula is C13H18N2O9. The lowest BCUT2D eigenvalue weighted by molar-refractivity contribution is -0.150. The van der Waals surface area contributed by atoms with Gasteiger partial charge in [-0.15, -0.1) is 0 Å². The third kappa shape index (κ3) is 3.12. The maximum Gasteiger partial charge on any atom is 0.339 e. The lowest BCUT2D eigenvalue weighted by atomic mass is 10.1. The number of aromatic amines is 1. The van der Waals surface area contributed by atoms with Crippen molar-refractivity contribution in [1.82, 2.24) is 9.55 Å². The summed E-state index contributed by atoms with van der Waals surface area (Å²) in [7, 11) is 2.30. The van der Waals surface area contributed by atoms with Crippen LogP contribution in [0.15, 0.2) is 15.8 Å². The predicted molar refractivity (Wildman–Crippen MR) is 76.1 cm³/mol. The molecule has 0 radical (unpaired) electrons. The molecule has 1 saturated heterocycles. The Morgan fingerprint density at radius 3 is 2.67 bits per heavy atom. The van der Waals surface area contributed by atoms with E-state index in [1.54, 1.807) is 0 Å². The van der Waals surface area contributed by atoms with Gasteiger partial charge in [-0.25, -0.2) is 9.59 Å². The number of aliphatic hydroxyl groups excluding tert-OH is 3. The molecule has 11 nitrogen and oxygen atoms in total. The van der Waals surface area contributed by atoms with Gasteiger partial charge >= 0.3 is 11.7 Å². The van der Waals surface area contributed by atoms with Crippen LogP contribution >= 0.6 is 0 Å². The first-order chi connectivity index (χ1) is 11.3. The summed E-state index contributed by atoms with van der Waals surface area (Å²) in [6.45, 7) is -0.521. The van der Waals surface area contributed by atoms with E-state index in [1.807, 2.05) is 4.98 Å². The highest BCUT2D eigenvalue weighted by molar-refractivity contribution is 5.75. The van der Waals surface area contributed by atoms with Gasteiger partial charge in [0, 0.05) is 13.3 Å². The van der Waals surface area contributed by atoms with Crippen molar-refractivity contribution in [3.63, 3.8) is 0 Å². The Morgan fingerprint density at radius 2 is 2.12 bits per heavy atom. The van der Waals surface area contributed by atoms with E-state index in [9.17, 15) is 29.7 Å². The van der Waals surface area contributed by atoms with E-state index in [1.165, 1.54) is 7.11 Å². The molecule has 1 fully saturated rings. The fourth-order valence-electron chi connectivity index (χ4n) is 2.47. The third-order valence-corrected chi connectivity index (χ3v) is 3.75. The minimum atomic E-state index is -1.91. The molecule has 0 aromatic carbocycles. The van der Waals surface area contributed by atoms with Crippen LogP contribution in [0.2, 0.25) is 0 Å². The van der Waals surface area contributed by atoms with Gasteiger partial charge in [-0.3, -0.25) is 14.3 Å². The second-order valence-electron chi connectivity index (χ2n) is 5.12. The fourth-order valence-corrected chi connectivity index (χ4v) is 2.47. The van der Waals surface area contributed by atoms with E-state index >= 15 is 0 Å². The molecule has 1 unspecified atom stereocenters. The standard InChI is InChI=1S/C13H18N2O9/c1-22-9-8(18)6(4-16)24-11(9)15-3-5(7(17)12(20)23-2)10(19)14-13(15)21/h3,6-9,11,16-18H,4H2,1-2H3,(H,14,19,21)/t6-,7?,8-,9-,11-/m1/s1. The summed E-state index contributed by atoms with van der Waals surface area (Å²) in [6.07, 6.45) is -5.42. The number of rotatable bonds is 5. The van der Waals surface area contributed by atoms with Crippen LogP contribution in [0.4, 0.5) is 0 Å². The largest absolute Gasteiger partial charge is 0.467 e. The van der Waals surface area contributed by atoms with Gasteiger partial charge < -0.3 is 29.5 Å². The van der Waals surface area contributed by atoms with Crippen molar-refractivity contribution in [1.29, 1.82) is 0 Å². The Hall–Kier alpha value is -2.05. The molecule has 2 heterocycles. The molecule has 5 atom stereocenters. The van der Waals surface area contributed by atoms with Crippen LogP contribution in [0, 0.1) is 0 Å². The van der Waals surface area contributed by atoms with E-state index in [4.69, 9.17) is 9.47 Å². The average Bonchev–Trinajstić information content (AvgIpc) is 2.89. The molecule has 0 spiro atoms. The lowest BCUT2D eigenvalue weighted by Gasteiger charge is -2.21. The normalized spacial score (nSPS) is 27.9. The summed E-state index contributed by atoms with van der Waals surface area (Å²) in [6, 6.07) is 0. The monoisotopic (exact) mass is 346 g/mol. The fraction of sp³-hybridized carbons (Fsp3) is 0.615. The Labute approximate surface area is 135 Å². The summed E-state index contributed by atoms with van der Waals surface area (Å²) in [5.41, 5.74) is -2.32. The van der Waals surface area contributed by atoms with E-state index < -0.39 is 60.0 Å². The van der Waals surface area contributed by atoms with Crippen LogP contribution in [0.3, 0.4) is 0 Å². The quantitative estimate of drug-likeness (QED) is 0.407. The number of carbonyl (C=O) groups is 1. The zero-order chi connectivity index (χ0) is 18.0. The zero-order valence-electron chi connectivity index (χ0n) is 12.9. The molecule has 24 heavy (non-hydrogen) atoms. The molecule has 134 valence electrons. The molecule has 2 rings (SSSR count). The summed E-state index contributed by atoms with van der Waals surface area (Å²) in [4.78, 5) is 37.2. The minimum Gasteiger partial charge on any atom is -0.467 e. The number of hydrogen-bond acceptors (Lipinski definition) is 9. The summed E-state index contributed by atoms with van der Waals surface area (Å²) in [5, 5.41) is 29.0. The van der Waals surface area contributed by atoms with Crippen LogP contribution in [0.5, 0.6) is 0 Å². The van der Waals surface area contributed by atoms with Gasteiger partial charge in [0.05, 0.1) is 19.3 Å². The van der Waals surface area contributed by atoms with Crippen molar-refractivity contribution >= 4 is 5.97 Å². The van der Waals surface area contributed by atoms with Crippen LogP contribution in [0.25, 0.3) is 0 Å². The van der Waals surface area contributed by atoms with Gasteiger partial charge in [0.2, 0.25) is 0 Å².